The third-order valence-corrected chi connectivity index (χ3v) is 2.62. The van der Waals surface area contributed by atoms with E-state index in [0.717, 1.165) is 5.56 Å². The molecule has 0 saturated heterocycles. The minimum absolute atomic E-state index is 0.309. The molecule has 0 aliphatic rings. The zero-order valence-electron chi connectivity index (χ0n) is 11.1. The van der Waals surface area contributed by atoms with Gasteiger partial charge < -0.3 is 20.6 Å². The zero-order chi connectivity index (χ0) is 14.3. The van der Waals surface area contributed by atoms with Gasteiger partial charge in [-0.2, -0.15) is 0 Å². The minimum atomic E-state index is -1.03. The number of hydrogen-bond acceptors (Lipinski definition) is 3. The number of benzene rings is 1. The molecule has 0 bridgehead atoms. The van der Waals surface area contributed by atoms with Crippen molar-refractivity contribution >= 4 is 17.7 Å². The maximum absolute atomic E-state index is 12.0. The molecule has 6 nitrogen and oxygen atoms in total. The lowest BCUT2D eigenvalue weighted by atomic mass is 10.2. The normalized spacial score (nSPS) is 10.0. The van der Waals surface area contributed by atoms with Gasteiger partial charge in [-0.25, -0.2) is 4.79 Å². The maximum Gasteiger partial charge on any atom is 0.323 e. The molecule has 0 heterocycles. The third kappa shape index (κ3) is 4.59. The summed E-state index contributed by atoms with van der Waals surface area (Å²) in [6.45, 7) is 2.40. The number of rotatable bonds is 6. The molecule has 0 unspecified atom stereocenters. The van der Waals surface area contributed by atoms with Crippen LogP contribution in [0, 0.1) is 0 Å². The molecule has 0 aliphatic heterocycles. The fourth-order valence-electron chi connectivity index (χ4n) is 1.67. The van der Waals surface area contributed by atoms with Gasteiger partial charge in [0.2, 0.25) is 0 Å². The van der Waals surface area contributed by atoms with Gasteiger partial charge in [-0.05, 0) is 25.6 Å². The SMILES string of the molecule is CCN(CC(=O)O)C(=O)Nc1ccccc1CNC. The summed E-state index contributed by atoms with van der Waals surface area (Å²) in [7, 11) is 1.82. The van der Waals surface area contributed by atoms with Gasteiger partial charge in [0.1, 0.15) is 6.54 Å². The van der Waals surface area contributed by atoms with Crippen LogP contribution < -0.4 is 10.6 Å². The molecular formula is C13H19N3O3. The van der Waals surface area contributed by atoms with E-state index in [0.29, 0.717) is 18.8 Å². The number of amides is 2. The highest BCUT2D eigenvalue weighted by Crippen LogP contribution is 2.15. The van der Waals surface area contributed by atoms with Gasteiger partial charge in [-0.15, -0.1) is 0 Å². The van der Waals surface area contributed by atoms with Crippen molar-refractivity contribution < 1.29 is 14.7 Å². The third-order valence-electron chi connectivity index (χ3n) is 2.62. The van der Waals surface area contributed by atoms with Crippen LogP contribution in [0.2, 0.25) is 0 Å². The van der Waals surface area contributed by atoms with Crippen LogP contribution in [-0.2, 0) is 11.3 Å². The molecule has 6 heteroatoms. The molecule has 0 fully saturated rings. The van der Waals surface area contributed by atoms with Gasteiger partial charge >= 0.3 is 12.0 Å². The summed E-state index contributed by atoms with van der Waals surface area (Å²) in [5.41, 5.74) is 1.63. The Morgan fingerprint density at radius 1 is 1.32 bits per heavy atom. The highest BCUT2D eigenvalue weighted by atomic mass is 16.4. The molecular weight excluding hydrogens is 246 g/mol. The summed E-state index contributed by atoms with van der Waals surface area (Å²) in [6.07, 6.45) is 0. The van der Waals surface area contributed by atoms with Crippen molar-refractivity contribution in [3.05, 3.63) is 29.8 Å². The Bertz CT molecular complexity index is 449. The monoisotopic (exact) mass is 265 g/mol. The number of carbonyl (C=O) groups excluding carboxylic acids is 1. The summed E-state index contributed by atoms with van der Waals surface area (Å²) in [4.78, 5) is 23.9. The number of urea groups is 1. The Hall–Kier alpha value is -2.08. The number of hydrogen-bond donors (Lipinski definition) is 3. The standard InChI is InChI=1S/C13H19N3O3/c1-3-16(9-12(17)18)13(19)15-11-7-5-4-6-10(11)8-14-2/h4-7,14H,3,8-9H2,1-2H3,(H,15,19)(H,17,18). The van der Waals surface area contributed by atoms with Crippen molar-refractivity contribution in [3.63, 3.8) is 0 Å². The molecule has 104 valence electrons. The van der Waals surface area contributed by atoms with Gasteiger partial charge in [0.05, 0.1) is 0 Å². The van der Waals surface area contributed by atoms with E-state index in [2.05, 4.69) is 10.6 Å². The Balaban J connectivity index is 2.77. The van der Waals surface area contributed by atoms with E-state index in [1.165, 1.54) is 4.90 Å². The van der Waals surface area contributed by atoms with Crippen LogP contribution >= 0.6 is 0 Å². The van der Waals surface area contributed by atoms with Gasteiger partial charge in [0, 0.05) is 18.8 Å². The van der Waals surface area contributed by atoms with Crippen molar-refractivity contribution in [2.24, 2.45) is 0 Å². The molecule has 19 heavy (non-hydrogen) atoms. The van der Waals surface area contributed by atoms with Crippen LogP contribution in [0.1, 0.15) is 12.5 Å². The van der Waals surface area contributed by atoms with Crippen molar-refractivity contribution in [1.82, 2.24) is 10.2 Å². The number of carboxylic acid groups (broad SMARTS) is 1. The van der Waals surface area contributed by atoms with Crippen LogP contribution in [0.3, 0.4) is 0 Å². The minimum Gasteiger partial charge on any atom is -0.480 e. The first kappa shape index (κ1) is 15.0. The molecule has 3 N–H and O–H groups in total. The number of carbonyl (C=O) groups is 2. The first-order chi connectivity index (χ1) is 9.08. The van der Waals surface area contributed by atoms with E-state index >= 15 is 0 Å². The largest absolute Gasteiger partial charge is 0.480 e. The van der Waals surface area contributed by atoms with Crippen LogP contribution in [-0.4, -0.2) is 42.1 Å². The summed E-state index contributed by atoms with van der Waals surface area (Å²) in [6, 6.07) is 6.99. The van der Waals surface area contributed by atoms with Crippen molar-refractivity contribution in [2.75, 3.05) is 25.5 Å². The molecule has 1 aromatic rings. The number of likely N-dealkylation sites (N-methyl/N-ethyl adjacent to an activating group) is 1. The topological polar surface area (TPSA) is 81.7 Å². The van der Waals surface area contributed by atoms with Gasteiger partial charge in [-0.1, -0.05) is 18.2 Å². The average molecular weight is 265 g/mol. The predicted molar refractivity (Wildman–Crippen MR) is 73.1 cm³/mol. The van der Waals surface area contributed by atoms with Gasteiger partial charge in [0.15, 0.2) is 0 Å². The second kappa shape index (κ2) is 7.38. The number of para-hydroxylation sites is 1. The predicted octanol–water partition coefficient (Wildman–Crippen LogP) is 1.34. The smallest absolute Gasteiger partial charge is 0.323 e. The van der Waals surface area contributed by atoms with Crippen LogP contribution in [0.5, 0.6) is 0 Å². The summed E-state index contributed by atoms with van der Waals surface area (Å²) in [5.74, 6) is -1.03. The fourth-order valence-corrected chi connectivity index (χ4v) is 1.67. The molecule has 0 saturated carbocycles. The Morgan fingerprint density at radius 3 is 2.58 bits per heavy atom. The number of nitrogens with zero attached hydrogens (tertiary/aromatic N) is 1. The molecule has 1 aromatic carbocycles. The summed E-state index contributed by atoms with van der Waals surface area (Å²) >= 11 is 0. The second-order valence-corrected chi connectivity index (χ2v) is 4.03. The Morgan fingerprint density at radius 2 is 2.00 bits per heavy atom. The molecule has 0 aliphatic carbocycles. The van der Waals surface area contributed by atoms with E-state index < -0.39 is 12.0 Å². The summed E-state index contributed by atoms with van der Waals surface area (Å²) in [5, 5.41) is 14.5. The Kier molecular flexibility index (Phi) is 5.81. The van der Waals surface area contributed by atoms with Gasteiger partial charge in [0.25, 0.3) is 0 Å². The zero-order valence-corrected chi connectivity index (χ0v) is 11.1. The lowest BCUT2D eigenvalue weighted by Gasteiger charge is -2.20. The molecule has 0 spiro atoms. The molecule has 1 rings (SSSR count). The van der Waals surface area contributed by atoms with E-state index in [9.17, 15) is 9.59 Å². The maximum atomic E-state index is 12.0. The van der Waals surface area contributed by atoms with E-state index in [4.69, 9.17) is 5.11 Å². The summed E-state index contributed by atoms with van der Waals surface area (Å²) < 4.78 is 0. The number of nitrogens with one attached hydrogen (secondary N) is 2. The van der Waals surface area contributed by atoms with Crippen LogP contribution in [0.4, 0.5) is 10.5 Å². The van der Waals surface area contributed by atoms with Gasteiger partial charge in [-0.3, -0.25) is 4.79 Å². The number of carboxylic acids is 1. The highest BCUT2D eigenvalue weighted by molar-refractivity contribution is 5.92. The van der Waals surface area contributed by atoms with E-state index in [1.54, 1.807) is 13.0 Å². The second-order valence-electron chi connectivity index (χ2n) is 4.03. The number of anilines is 1. The van der Waals surface area contributed by atoms with Crippen LogP contribution in [0.15, 0.2) is 24.3 Å². The molecule has 0 aromatic heterocycles. The first-order valence-corrected chi connectivity index (χ1v) is 6.08. The molecule has 0 atom stereocenters. The fraction of sp³-hybridized carbons (Fsp3) is 0.385. The Labute approximate surface area is 112 Å². The average Bonchev–Trinajstić information content (AvgIpc) is 2.38. The lowest BCUT2D eigenvalue weighted by Crippen LogP contribution is -2.38. The van der Waals surface area contributed by atoms with E-state index in [-0.39, 0.29) is 6.54 Å². The first-order valence-electron chi connectivity index (χ1n) is 6.08. The van der Waals surface area contributed by atoms with Crippen molar-refractivity contribution in [1.29, 1.82) is 0 Å². The van der Waals surface area contributed by atoms with E-state index in [1.807, 2.05) is 25.2 Å². The highest BCUT2D eigenvalue weighted by Gasteiger charge is 2.15. The number of aliphatic carboxylic acids is 1. The molecule has 0 radical (unpaired) electrons. The van der Waals surface area contributed by atoms with Crippen LogP contribution in [0.25, 0.3) is 0 Å². The lowest BCUT2D eigenvalue weighted by molar-refractivity contribution is -0.137. The van der Waals surface area contributed by atoms with Crippen molar-refractivity contribution in [3.8, 4) is 0 Å². The van der Waals surface area contributed by atoms with Crippen molar-refractivity contribution in [2.45, 2.75) is 13.5 Å². The molecule has 2 amide bonds. The quantitative estimate of drug-likeness (QED) is 0.725.